The minimum Gasteiger partial charge on any atom is -0.476 e. The van der Waals surface area contributed by atoms with Gasteiger partial charge < -0.3 is 10.3 Å². The summed E-state index contributed by atoms with van der Waals surface area (Å²) in [7, 11) is 0. The van der Waals surface area contributed by atoms with Gasteiger partial charge in [-0.2, -0.15) is 0 Å². The van der Waals surface area contributed by atoms with Crippen molar-refractivity contribution in [3.05, 3.63) is 34.3 Å². The van der Waals surface area contributed by atoms with Crippen LogP contribution in [0, 0.1) is 0 Å². The first kappa shape index (κ1) is 13.9. The Labute approximate surface area is 116 Å². The molecule has 1 fully saturated rings. The Morgan fingerprint density at radius 2 is 1.95 bits per heavy atom. The minimum absolute atomic E-state index is 0.319. The van der Waals surface area contributed by atoms with Gasteiger partial charge in [0.05, 0.1) is 0 Å². The third kappa shape index (κ3) is 3.07. The molecule has 1 aliphatic carbocycles. The summed E-state index contributed by atoms with van der Waals surface area (Å²) < 4.78 is 0. The SMILES string of the molecule is O=C(O)C(=NO)c1ccc(C2CCCCC2)c(Cl)c1. The Hall–Kier alpha value is -1.55. The molecule has 1 aromatic carbocycles. The molecule has 1 aliphatic rings. The Morgan fingerprint density at radius 1 is 1.26 bits per heavy atom. The Morgan fingerprint density at radius 3 is 2.47 bits per heavy atom. The van der Waals surface area contributed by atoms with Crippen LogP contribution < -0.4 is 0 Å². The lowest BCUT2D eigenvalue weighted by Gasteiger charge is -2.23. The highest BCUT2D eigenvalue weighted by Gasteiger charge is 2.20. The van der Waals surface area contributed by atoms with Crippen LogP contribution in [0.1, 0.15) is 49.1 Å². The van der Waals surface area contributed by atoms with E-state index in [1.165, 1.54) is 19.3 Å². The number of hydrogen-bond donors (Lipinski definition) is 2. The molecule has 0 saturated heterocycles. The van der Waals surface area contributed by atoms with Gasteiger partial charge in [-0.1, -0.05) is 48.2 Å². The maximum atomic E-state index is 10.9. The van der Waals surface area contributed by atoms with E-state index < -0.39 is 11.7 Å². The fraction of sp³-hybridized carbons (Fsp3) is 0.429. The van der Waals surface area contributed by atoms with Gasteiger partial charge in [0.2, 0.25) is 0 Å². The molecule has 2 rings (SSSR count). The largest absolute Gasteiger partial charge is 0.476 e. The van der Waals surface area contributed by atoms with Crippen molar-refractivity contribution in [2.75, 3.05) is 0 Å². The normalized spacial score (nSPS) is 17.4. The highest BCUT2D eigenvalue weighted by Crippen LogP contribution is 2.36. The molecule has 102 valence electrons. The molecular weight excluding hydrogens is 266 g/mol. The first-order valence-corrected chi connectivity index (χ1v) is 6.76. The van der Waals surface area contributed by atoms with Crippen molar-refractivity contribution in [1.82, 2.24) is 0 Å². The number of hydrogen-bond acceptors (Lipinski definition) is 3. The number of nitrogens with zero attached hydrogens (tertiary/aromatic N) is 1. The molecule has 0 atom stereocenters. The molecule has 19 heavy (non-hydrogen) atoms. The molecule has 1 saturated carbocycles. The molecule has 0 heterocycles. The number of rotatable bonds is 3. The molecule has 4 nitrogen and oxygen atoms in total. The molecule has 1 aromatic rings. The second-order valence-electron chi connectivity index (χ2n) is 4.82. The Balaban J connectivity index is 2.28. The van der Waals surface area contributed by atoms with Crippen LogP contribution in [0.2, 0.25) is 5.02 Å². The summed E-state index contributed by atoms with van der Waals surface area (Å²) in [6.07, 6.45) is 5.94. The lowest BCUT2D eigenvalue weighted by Crippen LogP contribution is -2.15. The van der Waals surface area contributed by atoms with Crippen LogP contribution in [0.25, 0.3) is 0 Å². The van der Waals surface area contributed by atoms with Gasteiger partial charge in [0.1, 0.15) is 0 Å². The van der Waals surface area contributed by atoms with Gasteiger partial charge in [0.15, 0.2) is 5.71 Å². The van der Waals surface area contributed by atoms with E-state index in [0.29, 0.717) is 16.5 Å². The molecule has 0 spiro atoms. The smallest absolute Gasteiger partial charge is 0.358 e. The summed E-state index contributed by atoms with van der Waals surface area (Å²) in [5.41, 5.74) is 0.990. The maximum Gasteiger partial charge on any atom is 0.358 e. The fourth-order valence-corrected chi connectivity index (χ4v) is 2.98. The molecule has 0 bridgehead atoms. The number of halogens is 1. The molecule has 0 amide bonds. The van der Waals surface area contributed by atoms with Gasteiger partial charge in [-0.3, -0.25) is 0 Å². The number of carboxylic acids is 1. The summed E-state index contributed by atoms with van der Waals surface area (Å²) in [4.78, 5) is 10.9. The molecule has 0 radical (unpaired) electrons. The Kier molecular flexibility index (Phi) is 4.43. The molecule has 5 heteroatoms. The van der Waals surface area contributed by atoms with E-state index in [1.54, 1.807) is 12.1 Å². The number of benzene rings is 1. The van der Waals surface area contributed by atoms with Crippen LogP contribution in [0.5, 0.6) is 0 Å². The van der Waals surface area contributed by atoms with Gasteiger partial charge >= 0.3 is 5.97 Å². The first-order valence-electron chi connectivity index (χ1n) is 6.38. The summed E-state index contributed by atoms with van der Waals surface area (Å²) >= 11 is 6.24. The van der Waals surface area contributed by atoms with Crippen molar-refractivity contribution in [2.45, 2.75) is 38.0 Å². The number of carboxylic acid groups (broad SMARTS) is 1. The van der Waals surface area contributed by atoms with E-state index in [9.17, 15) is 4.79 Å². The van der Waals surface area contributed by atoms with Crippen molar-refractivity contribution >= 4 is 23.3 Å². The highest BCUT2D eigenvalue weighted by molar-refractivity contribution is 6.43. The lowest BCUT2D eigenvalue weighted by molar-refractivity contribution is -0.129. The van der Waals surface area contributed by atoms with Crippen LogP contribution in [-0.2, 0) is 4.79 Å². The fourth-order valence-electron chi connectivity index (χ4n) is 2.64. The quantitative estimate of drug-likeness (QED) is 0.505. The lowest BCUT2D eigenvalue weighted by atomic mass is 9.83. The van der Waals surface area contributed by atoms with Crippen molar-refractivity contribution in [3.63, 3.8) is 0 Å². The third-order valence-electron chi connectivity index (χ3n) is 3.62. The van der Waals surface area contributed by atoms with Crippen LogP contribution in [0.15, 0.2) is 23.4 Å². The topological polar surface area (TPSA) is 69.9 Å². The monoisotopic (exact) mass is 281 g/mol. The predicted octanol–water partition coefficient (Wildman–Crippen LogP) is 3.65. The van der Waals surface area contributed by atoms with E-state index >= 15 is 0 Å². The number of oxime groups is 1. The highest BCUT2D eigenvalue weighted by atomic mass is 35.5. The zero-order chi connectivity index (χ0) is 13.8. The molecule has 0 aliphatic heterocycles. The number of carbonyl (C=O) groups is 1. The summed E-state index contributed by atoms with van der Waals surface area (Å²) in [6.45, 7) is 0. The van der Waals surface area contributed by atoms with Crippen LogP contribution in [0.3, 0.4) is 0 Å². The van der Waals surface area contributed by atoms with Gasteiger partial charge in [-0.25, -0.2) is 4.79 Å². The standard InChI is InChI=1S/C14H16ClNO3/c15-12-8-10(13(16-19)14(17)18)6-7-11(12)9-4-2-1-3-5-9/h6-9,19H,1-5H2,(H,17,18). The van der Waals surface area contributed by atoms with Crippen LogP contribution in [0.4, 0.5) is 0 Å². The van der Waals surface area contributed by atoms with Gasteiger partial charge in [-0.15, -0.1) is 0 Å². The second-order valence-corrected chi connectivity index (χ2v) is 5.23. The third-order valence-corrected chi connectivity index (χ3v) is 3.95. The van der Waals surface area contributed by atoms with Crippen LogP contribution >= 0.6 is 11.6 Å². The number of aliphatic carboxylic acids is 1. The van der Waals surface area contributed by atoms with Crippen molar-refractivity contribution in [2.24, 2.45) is 5.16 Å². The summed E-state index contributed by atoms with van der Waals surface area (Å²) in [6, 6.07) is 5.06. The molecule has 0 aromatic heterocycles. The van der Waals surface area contributed by atoms with Gasteiger partial charge in [0.25, 0.3) is 0 Å². The maximum absolute atomic E-state index is 10.9. The van der Waals surface area contributed by atoms with E-state index in [0.717, 1.165) is 18.4 Å². The Bertz CT molecular complexity index is 507. The zero-order valence-electron chi connectivity index (χ0n) is 10.5. The summed E-state index contributed by atoms with van der Waals surface area (Å²) in [5, 5.41) is 21.0. The average Bonchev–Trinajstić information content (AvgIpc) is 2.40. The summed E-state index contributed by atoms with van der Waals surface area (Å²) in [5.74, 6) is -0.821. The van der Waals surface area contributed by atoms with Crippen molar-refractivity contribution in [1.29, 1.82) is 0 Å². The molecular formula is C14H16ClNO3. The zero-order valence-corrected chi connectivity index (χ0v) is 11.2. The van der Waals surface area contributed by atoms with Gasteiger partial charge in [-0.05, 0) is 30.4 Å². The van der Waals surface area contributed by atoms with E-state index in [2.05, 4.69) is 5.16 Å². The van der Waals surface area contributed by atoms with Crippen LogP contribution in [-0.4, -0.2) is 22.0 Å². The second kappa shape index (κ2) is 6.06. The van der Waals surface area contributed by atoms with Crippen molar-refractivity contribution in [3.8, 4) is 0 Å². The van der Waals surface area contributed by atoms with E-state index in [1.807, 2.05) is 6.07 Å². The van der Waals surface area contributed by atoms with Crippen molar-refractivity contribution < 1.29 is 15.1 Å². The predicted molar refractivity (Wildman–Crippen MR) is 73.2 cm³/mol. The first-order chi connectivity index (χ1) is 9.13. The van der Waals surface area contributed by atoms with E-state index in [4.69, 9.17) is 21.9 Å². The van der Waals surface area contributed by atoms with Gasteiger partial charge in [0, 0.05) is 10.6 Å². The minimum atomic E-state index is -1.27. The molecule has 0 unspecified atom stereocenters. The molecule has 2 N–H and O–H groups in total. The van der Waals surface area contributed by atoms with E-state index in [-0.39, 0.29) is 0 Å². The average molecular weight is 282 g/mol.